The topological polar surface area (TPSA) is 102 Å². The molecule has 114 valence electrons. The first kappa shape index (κ1) is 13.7. The molecule has 0 aromatic heterocycles. The standard InChI is InChI=1S/C13H18N4O4/c18-11(19)8-1-2-9(5-8)15-13(21)16-3-4-17-10(7-16)6-14-12(17)20/h1-2,8-10H,3-7H2,(H,14,20)(H,15,21)(H,18,19). The lowest BCUT2D eigenvalue weighted by atomic mass is 10.1. The lowest BCUT2D eigenvalue weighted by Crippen LogP contribution is -2.56. The Bertz CT molecular complexity index is 506. The molecule has 2 heterocycles. The number of fused-ring (bicyclic) bond motifs is 1. The number of aliphatic carboxylic acids is 1. The summed E-state index contributed by atoms with van der Waals surface area (Å²) in [7, 11) is 0. The maximum Gasteiger partial charge on any atom is 0.317 e. The van der Waals surface area contributed by atoms with Gasteiger partial charge in [0.2, 0.25) is 0 Å². The van der Waals surface area contributed by atoms with Crippen molar-refractivity contribution in [1.82, 2.24) is 20.4 Å². The fourth-order valence-corrected chi connectivity index (χ4v) is 3.03. The van der Waals surface area contributed by atoms with Crippen molar-refractivity contribution >= 4 is 18.0 Å². The predicted octanol–water partition coefficient (Wildman–Crippen LogP) is -0.565. The number of rotatable bonds is 2. The van der Waals surface area contributed by atoms with Crippen molar-refractivity contribution in [3.63, 3.8) is 0 Å². The van der Waals surface area contributed by atoms with Crippen molar-refractivity contribution in [3.8, 4) is 0 Å². The number of nitrogens with zero attached hydrogens (tertiary/aromatic N) is 2. The second kappa shape index (κ2) is 5.27. The number of piperazine rings is 1. The summed E-state index contributed by atoms with van der Waals surface area (Å²) >= 11 is 0. The SMILES string of the molecule is O=C(O)C1C=CC(NC(=O)N2CCN3C(=O)NCC3C2)C1. The Balaban J connectivity index is 1.52. The van der Waals surface area contributed by atoms with Crippen LogP contribution in [0.2, 0.25) is 0 Å². The maximum absolute atomic E-state index is 12.2. The molecule has 0 radical (unpaired) electrons. The summed E-state index contributed by atoms with van der Waals surface area (Å²) < 4.78 is 0. The van der Waals surface area contributed by atoms with Gasteiger partial charge in [0.1, 0.15) is 0 Å². The molecule has 1 aliphatic carbocycles. The molecule has 21 heavy (non-hydrogen) atoms. The fourth-order valence-electron chi connectivity index (χ4n) is 3.03. The van der Waals surface area contributed by atoms with Gasteiger partial charge in [0.15, 0.2) is 0 Å². The van der Waals surface area contributed by atoms with Crippen LogP contribution < -0.4 is 10.6 Å². The van der Waals surface area contributed by atoms with Crippen molar-refractivity contribution in [2.75, 3.05) is 26.2 Å². The third-order valence-corrected chi connectivity index (χ3v) is 4.23. The maximum atomic E-state index is 12.2. The van der Waals surface area contributed by atoms with E-state index < -0.39 is 11.9 Å². The van der Waals surface area contributed by atoms with Crippen LogP contribution >= 0.6 is 0 Å². The summed E-state index contributed by atoms with van der Waals surface area (Å²) in [6, 6.07) is -0.472. The Labute approximate surface area is 121 Å². The highest BCUT2D eigenvalue weighted by atomic mass is 16.4. The largest absolute Gasteiger partial charge is 0.481 e. The summed E-state index contributed by atoms with van der Waals surface area (Å²) in [6.07, 6.45) is 3.74. The zero-order valence-corrected chi connectivity index (χ0v) is 11.5. The summed E-state index contributed by atoms with van der Waals surface area (Å²) in [5.41, 5.74) is 0. The van der Waals surface area contributed by atoms with Crippen LogP contribution in [-0.2, 0) is 4.79 Å². The third kappa shape index (κ3) is 2.65. The number of carbonyl (C=O) groups excluding carboxylic acids is 2. The third-order valence-electron chi connectivity index (χ3n) is 4.23. The first-order chi connectivity index (χ1) is 10.0. The van der Waals surface area contributed by atoms with E-state index in [9.17, 15) is 14.4 Å². The average molecular weight is 294 g/mol. The van der Waals surface area contributed by atoms with Crippen molar-refractivity contribution in [2.45, 2.75) is 18.5 Å². The summed E-state index contributed by atoms with van der Waals surface area (Å²) in [5, 5.41) is 14.5. The van der Waals surface area contributed by atoms with Gasteiger partial charge < -0.3 is 25.5 Å². The zero-order valence-electron chi connectivity index (χ0n) is 11.5. The molecule has 3 rings (SSSR count). The van der Waals surface area contributed by atoms with Crippen LogP contribution in [0.15, 0.2) is 12.2 Å². The van der Waals surface area contributed by atoms with Crippen molar-refractivity contribution in [1.29, 1.82) is 0 Å². The Morgan fingerprint density at radius 3 is 2.86 bits per heavy atom. The van der Waals surface area contributed by atoms with Crippen molar-refractivity contribution in [3.05, 3.63) is 12.2 Å². The number of urea groups is 2. The van der Waals surface area contributed by atoms with Crippen LogP contribution in [0, 0.1) is 5.92 Å². The van der Waals surface area contributed by atoms with Gasteiger partial charge in [0.25, 0.3) is 0 Å². The van der Waals surface area contributed by atoms with E-state index in [4.69, 9.17) is 5.11 Å². The molecule has 4 amide bonds. The molecule has 3 unspecified atom stereocenters. The number of nitrogens with one attached hydrogen (secondary N) is 2. The van der Waals surface area contributed by atoms with Crippen LogP contribution in [0.3, 0.4) is 0 Å². The van der Waals surface area contributed by atoms with Gasteiger partial charge in [0.05, 0.1) is 18.0 Å². The van der Waals surface area contributed by atoms with Crippen LogP contribution in [0.25, 0.3) is 0 Å². The average Bonchev–Trinajstić information content (AvgIpc) is 3.06. The minimum absolute atomic E-state index is 0.0305. The van der Waals surface area contributed by atoms with Gasteiger partial charge in [-0.3, -0.25) is 4.79 Å². The highest BCUT2D eigenvalue weighted by molar-refractivity contribution is 5.79. The van der Waals surface area contributed by atoms with E-state index in [1.165, 1.54) is 0 Å². The molecule has 2 fully saturated rings. The predicted molar refractivity (Wildman–Crippen MR) is 72.7 cm³/mol. The first-order valence-electron chi connectivity index (χ1n) is 7.05. The zero-order chi connectivity index (χ0) is 15.0. The van der Waals surface area contributed by atoms with E-state index in [2.05, 4.69) is 10.6 Å². The molecule has 8 heteroatoms. The van der Waals surface area contributed by atoms with Crippen LogP contribution in [0.1, 0.15) is 6.42 Å². The molecule has 0 aromatic rings. The Kier molecular flexibility index (Phi) is 3.44. The normalized spacial score (nSPS) is 31.0. The quantitative estimate of drug-likeness (QED) is 0.594. The van der Waals surface area contributed by atoms with Gasteiger partial charge in [-0.1, -0.05) is 12.2 Å². The number of hydrogen-bond donors (Lipinski definition) is 3. The molecule has 2 saturated heterocycles. The van der Waals surface area contributed by atoms with Crippen molar-refractivity contribution < 1.29 is 19.5 Å². The summed E-state index contributed by atoms with van der Waals surface area (Å²) in [6.45, 7) is 2.09. The second-order valence-electron chi connectivity index (χ2n) is 5.60. The number of carboxylic acid groups (broad SMARTS) is 1. The van der Waals surface area contributed by atoms with E-state index in [0.29, 0.717) is 32.6 Å². The monoisotopic (exact) mass is 294 g/mol. The molecule has 3 N–H and O–H groups in total. The van der Waals surface area contributed by atoms with Gasteiger partial charge in [-0.2, -0.15) is 0 Å². The highest BCUT2D eigenvalue weighted by Gasteiger charge is 2.37. The van der Waals surface area contributed by atoms with E-state index in [-0.39, 0.29) is 24.1 Å². The molecule has 2 aliphatic heterocycles. The Hall–Kier alpha value is -2.25. The molecule has 3 aliphatic rings. The molecule has 0 bridgehead atoms. The van der Waals surface area contributed by atoms with Crippen LogP contribution in [0.5, 0.6) is 0 Å². The molecule has 0 spiro atoms. The number of amides is 4. The summed E-state index contributed by atoms with van der Waals surface area (Å²) in [4.78, 5) is 38.0. The van der Waals surface area contributed by atoms with E-state index >= 15 is 0 Å². The first-order valence-corrected chi connectivity index (χ1v) is 7.05. The van der Waals surface area contributed by atoms with E-state index in [1.807, 2.05) is 0 Å². The van der Waals surface area contributed by atoms with Gasteiger partial charge in [0, 0.05) is 26.2 Å². The number of carbonyl (C=O) groups is 3. The molecule has 8 nitrogen and oxygen atoms in total. The van der Waals surface area contributed by atoms with E-state index in [0.717, 1.165) is 0 Å². The summed E-state index contributed by atoms with van der Waals surface area (Å²) in [5.74, 6) is -1.39. The van der Waals surface area contributed by atoms with Gasteiger partial charge in [-0.15, -0.1) is 0 Å². The second-order valence-corrected chi connectivity index (χ2v) is 5.60. The fraction of sp³-hybridized carbons (Fsp3) is 0.615. The molecule has 3 atom stereocenters. The lowest BCUT2D eigenvalue weighted by molar-refractivity contribution is -0.140. The molecular formula is C13H18N4O4. The van der Waals surface area contributed by atoms with Crippen molar-refractivity contribution in [2.24, 2.45) is 5.92 Å². The number of hydrogen-bond acceptors (Lipinski definition) is 3. The van der Waals surface area contributed by atoms with Gasteiger partial charge >= 0.3 is 18.0 Å². The van der Waals surface area contributed by atoms with Crippen LogP contribution in [-0.4, -0.2) is 71.2 Å². The Morgan fingerprint density at radius 1 is 1.33 bits per heavy atom. The van der Waals surface area contributed by atoms with Gasteiger partial charge in [-0.05, 0) is 6.42 Å². The molecule has 0 aromatic carbocycles. The smallest absolute Gasteiger partial charge is 0.317 e. The minimum atomic E-state index is -0.868. The lowest BCUT2D eigenvalue weighted by Gasteiger charge is -2.36. The minimum Gasteiger partial charge on any atom is -0.481 e. The molecular weight excluding hydrogens is 276 g/mol. The number of carboxylic acids is 1. The van der Waals surface area contributed by atoms with Gasteiger partial charge in [-0.25, -0.2) is 9.59 Å². The highest BCUT2D eigenvalue weighted by Crippen LogP contribution is 2.19. The molecule has 0 saturated carbocycles. The van der Waals surface area contributed by atoms with E-state index in [1.54, 1.807) is 22.0 Å². The van der Waals surface area contributed by atoms with Crippen LogP contribution in [0.4, 0.5) is 9.59 Å². The Morgan fingerprint density at radius 2 is 2.14 bits per heavy atom.